The predicted molar refractivity (Wildman–Crippen MR) is 139 cm³/mol. The largest absolute Gasteiger partial charge is 0.481 e. The first kappa shape index (κ1) is 31.2. The van der Waals surface area contributed by atoms with Gasteiger partial charge in [0.05, 0.1) is 0 Å². The molecule has 0 aromatic rings. The van der Waals surface area contributed by atoms with E-state index in [2.05, 4.69) is 44.2 Å². The minimum Gasteiger partial charge on any atom is -0.481 e. The van der Waals surface area contributed by atoms with Crippen molar-refractivity contribution in [2.24, 2.45) is 0 Å². The van der Waals surface area contributed by atoms with Gasteiger partial charge in [-0.05, 0) is 63.9 Å². The highest BCUT2D eigenvalue weighted by Crippen LogP contribution is 2.14. The molecule has 0 aromatic heterocycles. The van der Waals surface area contributed by atoms with E-state index in [9.17, 15) is 9.59 Å². The van der Waals surface area contributed by atoms with Gasteiger partial charge >= 0.3 is 11.9 Å². The normalized spacial score (nSPS) is 12.8. The number of carboxylic acids is 1. The molecule has 1 N–H and O–H groups in total. The van der Waals surface area contributed by atoms with Gasteiger partial charge in [0.25, 0.3) is 0 Å². The monoisotopic (exact) mass is 462 g/mol. The van der Waals surface area contributed by atoms with Crippen LogP contribution in [0.15, 0.2) is 36.5 Å². The van der Waals surface area contributed by atoms with Crippen LogP contribution in [0, 0.1) is 0 Å². The van der Waals surface area contributed by atoms with Crippen LogP contribution in [0.4, 0.5) is 0 Å². The second-order valence-electron chi connectivity index (χ2n) is 8.87. The molecule has 33 heavy (non-hydrogen) atoms. The van der Waals surface area contributed by atoms with Crippen LogP contribution in [-0.2, 0) is 14.3 Å². The summed E-state index contributed by atoms with van der Waals surface area (Å²) in [5, 5.41) is 8.73. The van der Waals surface area contributed by atoms with Crippen LogP contribution in [-0.4, -0.2) is 23.1 Å². The molecule has 0 heterocycles. The summed E-state index contributed by atoms with van der Waals surface area (Å²) >= 11 is 0. The molecule has 0 rings (SSSR count). The molecule has 0 amide bonds. The van der Waals surface area contributed by atoms with Crippen molar-refractivity contribution in [3.05, 3.63) is 36.5 Å². The molecule has 0 saturated heterocycles. The Morgan fingerprint density at radius 3 is 1.97 bits per heavy atom. The van der Waals surface area contributed by atoms with E-state index in [4.69, 9.17) is 9.84 Å². The second-order valence-corrected chi connectivity index (χ2v) is 8.87. The Kier molecular flexibility index (Phi) is 23.4. The number of rotatable bonds is 23. The molecular formula is C29H50O4. The van der Waals surface area contributed by atoms with Crippen LogP contribution < -0.4 is 0 Å². The van der Waals surface area contributed by atoms with E-state index in [-0.39, 0.29) is 18.5 Å². The van der Waals surface area contributed by atoms with Crippen LogP contribution in [0.5, 0.6) is 0 Å². The number of hydrogen-bond acceptors (Lipinski definition) is 3. The van der Waals surface area contributed by atoms with Crippen molar-refractivity contribution in [3.8, 4) is 0 Å². The maximum atomic E-state index is 12.3. The standard InChI is InChI=1S/C29H50O4/c1-3-5-7-9-11-12-13-14-16-22-26-29(32)33-27(23-19-15-10-8-6-4-2)24-20-17-18-21-25-28(30)31/h7-10,19,23,27H,3-6,11-18,20-22,24-26H2,1-2H3,(H,30,31)/b9-7-,10-8-,23-19-. The average molecular weight is 463 g/mol. The number of carbonyl (C=O) groups is 2. The van der Waals surface area contributed by atoms with Gasteiger partial charge in [0.15, 0.2) is 0 Å². The van der Waals surface area contributed by atoms with Gasteiger partial charge in [0, 0.05) is 12.8 Å². The van der Waals surface area contributed by atoms with Gasteiger partial charge in [0.2, 0.25) is 0 Å². The fourth-order valence-electron chi connectivity index (χ4n) is 3.55. The highest BCUT2D eigenvalue weighted by Gasteiger charge is 2.11. The van der Waals surface area contributed by atoms with Crippen molar-refractivity contribution >= 4 is 11.9 Å². The number of unbranched alkanes of at least 4 members (excludes halogenated alkanes) is 10. The lowest BCUT2D eigenvalue weighted by Gasteiger charge is -2.14. The maximum Gasteiger partial charge on any atom is 0.306 e. The van der Waals surface area contributed by atoms with Gasteiger partial charge in [-0.1, -0.05) is 89.2 Å². The van der Waals surface area contributed by atoms with E-state index < -0.39 is 5.97 Å². The molecule has 1 atom stereocenters. The first-order valence-electron chi connectivity index (χ1n) is 13.5. The Bertz CT molecular complexity index is 548. The highest BCUT2D eigenvalue weighted by molar-refractivity contribution is 5.69. The van der Waals surface area contributed by atoms with Crippen molar-refractivity contribution in [1.82, 2.24) is 0 Å². The lowest BCUT2D eigenvalue weighted by Crippen LogP contribution is -2.16. The Labute approximate surface area is 203 Å². The fourth-order valence-corrected chi connectivity index (χ4v) is 3.55. The number of allylic oxidation sites excluding steroid dienone is 5. The summed E-state index contributed by atoms with van der Waals surface area (Å²) < 4.78 is 5.75. The molecule has 0 spiro atoms. The number of ether oxygens (including phenoxy) is 1. The smallest absolute Gasteiger partial charge is 0.306 e. The molecule has 4 heteroatoms. The first-order chi connectivity index (χ1) is 16.1. The Morgan fingerprint density at radius 1 is 0.697 bits per heavy atom. The molecule has 190 valence electrons. The van der Waals surface area contributed by atoms with Crippen molar-refractivity contribution < 1.29 is 19.4 Å². The lowest BCUT2D eigenvalue weighted by molar-refractivity contribution is -0.147. The van der Waals surface area contributed by atoms with Gasteiger partial charge in [-0.25, -0.2) is 0 Å². The van der Waals surface area contributed by atoms with E-state index >= 15 is 0 Å². The van der Waals surface area contributed by atoms with Crippen LogP contribution >= 0.6 is 0 Å². The molecule has 0 aromatic carbocycles. The topological polar surface area (TPSA) is 63.6 Å². The third kappa shape index (κ3) is 24.6. The van der Waals surface area contributed by atoms with Crippen LogP contribution in [0.25, 0.3) is 0 Å². The second kappa shape index (κ2) is 24.8. The summed E-state index contributed by atoms with van der Waals surface area (Å²) in [4.78, 5) is 22.9. The summed E-state index contributed by atoms with van der Waals surface area (Å²) in [6.07, 6.45) is 30.2. The molecular weight excluding hydrogens is 412 g/mol. The van der Waals surface area contributed by atoms with Crippen LogP contribution in [0.3, 0.4) is 0 Å². The Hall–Kier alpha value is -1.84. The van der Waals surface area contributed by atoms with Crippen molar-refractivity contribution in [2.75, 3.05) is 0 Å². The highest BCUT2D eigenvalue weighted by atomic mass is 16.5. The number of hydrogen-bond donors (Lipinski definition) is 1. The van der Waals surface area contributed by atoms with E-state index in [1.807, 2.05) is 6.08 Å². The third-order valence-corrected chi connectivity index (χ3v) is 5.53. The Morgan fingerprint density at radius 2 is 1.27 bits per heavy atom. The van der Waals surface area contributed by atoms with Gasteiger partial charge in [-0.15, -0.1) is 0 Å². The van der Waals surface area contributed by atoms with Gasteiger partial charge in [-0.3, -0.25) is 9.59 Å². The van der Waals surface area contributed by atoms with Crippen LogP contribution in [0.1, 0.15) is 129 Å². The average Bonchev–Trinajstić information content (AvgIpc) is 2.79. The molecule has 1 unspecified atom stereocenters. The molecule has 0 saturated carbocycles. The zero-order valence-electron chi connectivity index (χ0n) is 21.4. The maximum absolute atomic E-state index is 12.3. The molecule has 0 radical (unpaired) electrons. The molecule has 0 aliphatic rings. The molecule has 0 aliphatic carbocycles. The molecule has 0 bridgehead atoms. The number of aliphatic carboxylic acids is 1. The van der Waals surface area contributed by atoms with Crippen molar-refractivity contribution in [1.29, 1.82) is 0 Å². The molecule has 4 nitrogen and oxygen atoms in total. The van der Waals surface area contributed by atoms with Crippen LogP contribution in [0.2, 0.25) is 0 Å². The van der Waals surface area contributed by atoms with E-state index in [1.54, 1.807) is 0 Å². The summed E-state index contributed by atoms with van der Waals surface area (Å²) in [6, 6.07) is 0. The lowest BCUT2D eigenvalue weighted by atomic mass is 10.1. The van der Waals surface area contributed by atoms with E-state index in [0.29, 0.717) is 12.8 Å². The van der Waals surface area contributed by atoms with E-state index in [1.165, 1.54) is 38.5 Å². The Balaban J connectivity index is 4.15. The summed E-state index contributed by atoms with van der Waals surface area (Å²) in [6.45, 7) is 4.36. The van der Waals surface area contributed by atoms with Gasteiger partial charge in [0.1, 0.15) is 6.10 Å². The predicted octanol–water partition coefficient (Wildman–Crippen LogP) is 8.71. The quantitative estimate of drug-likeness (QED) is 0.0936. The van der Waals surface area contributed by atoms with Crippen molar-refractivity contribution in [2.45, 2.75) is 136 Å². The number of esters is 1. The zero-order valence-corrected chi connectivity index (χ0v) is 21.4. The SMILES string of the molecule is CCC/C=C\C/C=C\C(CCCCCCC(=O)O)OC(=O)CCCCCCC/C=C\CCC. The minimum atomic E-state index is -0.732. The number of carbonyl (C=O) groups excluding carboxylic acids is 1. The number of carboxylic acid groups (broad SMARTS) is 1. The van der Waals surface area contributed by atoms with Crippen molar-refractivity contribution in [3.63, 3.8) is 0 Å². The fraction of sp³-hybridized carbons (Fsp3) is 0.724. The minimum absolute atomic E-state index is 0.0976. The zero-order chi connectivity index (χ0) is 24.4. The van der Waals surface area contributed by atoms with Gasteiger partial charge in [-0.2, -0.15) is 0 Å². The summed E-state index contributed by atoms with van der Waals surface area (Å²) in [5.74, 6) is -0.829. The summed E-state index contributed by atoms with van der Waals surface area (Å²) in [5.41, 5.74) is 0. The van der Waals surface area contributed by atoms with Gasteiger partial charge < -0.3 is 9.84 Å². The summed E-state index contributed by atoms with van der Waals surface area (Å²) in [7, 11) is 0. The van der Waals surface area contributed by atoms with E-state index in [0.717, 1.165) is 57.8 Å². The molecule has 0 fully saturated rings. The third-order valence-electron chi connectivity index (χ3n) is 5.53. The first-order valence-corrected chi connectivity index (χ1v) is 13.5. The molecule has 0 aliphatic heterocycles.